The largest absolute Gasteiger partial charge is 0.508 e. The highest BCUT2D eigenvalue weighted by Crippen LogP contribution is 2.24. The number of hydrogen-bond donors (Lipinski definition) is 2. The summed E-state index contributed by atoms with van der Waals surface area (Å²) in [5.41, 5.74) is 1.11. The van der Waals surface area contributed by atoms with Crippen LogP contribution < -0.4 is 5.32 Å². The SMILES string of the molecule is C=C[C@@H](c1cccc(O)c1)N1CCNCC1.Cl.Cl. The van der Waals surface area contributed by atoms with Crippen LogP contribution >= 0.6 is 24.8 Å². The molecule has 1 atom stereocenters. The van der Waals surface area contributed by atoms with Crippen molar-refractivity contribution in [3.8, 4) is 5.75 Å². The third-order valence-corrected chi connectivity index (χ3v) is 2.98. The van der Waals surface area contributed by atoms with E-state index in [1.54, 1.807) is 6.07 Å². The second kappa shape index (κ2) is 8.38. The zero-order chi connectivity index (χ0) is 11.4. The van der Waals surface area contributed by atoms with E-state index in [1.165, 1.54) is 0 Å². The standard InChI is InChI=1S/C13H18N2O.2ClH/c1-2-13(15-8-6-14-7-9-15)11-4-3-5-12(16)10-11;;/h2-5,10,13-14,16H,1,6-9H2;2*1H/t13-;;/m0../s1. The molecule has 0 radical (unpaired) electrons. The van der Waals surface area contributed by atoms with E-state index in [1.807, 2.05) is 24.3 Å². The Labute approximate surface area is 121 Å². The monoisotopic (exact) mass is 290 g/mol. The van der Waals surface area contributed by atoms with Gasteiger partial charge >= 0.3 is 0 Å². The van der Waals surface area contributed by atoms with Crippen molar-refractivity contribution < 1.29 is 5.11 Å². The van der Waals surface area contributed by atoms with Crippen LogP contribution in [0.2, 0.25) is 0 Å². The molecule has 0 aliphatic carbocycles. The quantitative estimate of drug-likeness (QED) is 0.839. The molecular weight excluding hydrogens is 271 g/mol. The number of phenols is 1. The first-order chi connectivity index (χ1) is 7.81. The summed E-state index contributed by atoms with van der Waals surface area (Å²) < 4.78 is 0. The molecule has 18 heavy (non-hydrogen) atoms. The summed E-state index contributed by atoms with van der Waals surface area (Å²) >= 11 is 0. The number of hydrogen-bond acceptors (Lipinski definition) is 3. The van der Waals surface area contributed by atoms with Crippen molar-refractivity contribution in [3.05, 3.63) is 42.5 Å². The lowest BCUT2D eigenvalue weighted by Crippen LogP contribution is -2.44. The molecule has 0 unspecified atom stereocenters. The van der Waals surface area contributed by atoms with E-state index in [4.69, 9.17) is 0 Å². The van der Waals surface area contributed by atoms with Gasteiger partial charge in [0.25, 0.3) is 0 Å². The predicted molar refractivity (Wildman–Crippen MR) is 80.0 cm³/mol. The molecule has 2 rings (SSSR count). The highest BCUT2D eigenvalue weighted by atomic mass is 35.5. The summed E-state index contributed by atoms with van der Waals surface area (Å²) in [5.74, 6) is 0.319. The number of halogens is 2. The smallest absolute Gasteiger partial charge is 0.115 e. The average molecular weight is 291 g/mol. The Morgan fingerprint density at radius 1 is 1.28 bits per heavy atom. The van der Waals surface area contributed by atoms with Gasteiger partial charge in [-0.2, -0.15) is 0 Å². The van der Waals surface area contributed by atoms with Gasteiger partial charge in [-0.1, -0.05) is 18.2 Å². The first-order valence-electron chi connectivity index (χ1n) is 5.67. The lowest BCUT2D eigenvalue weighted by Gasteiger charge is -2.33. The zero-order valence-electron chi connectivity index (χ0n) is 10.2. The molecular formula is C13H20Cl2N2O. The van der Waals surface area contributed by atoms with Gasteiger partial charge in [0.05, 0.1) is 6.04 Å². The van der Waals surface area contributed by atoms with Crippen molar-refractivity contribution in [2.45, 2.75) is 6.04 Å². The molecule has 1 fully saturated rings. The van der Waals surface area contributed by atoms with Gasteiger partial charge in [0.1, 0.15) is 5.75 Å². The molecule has 1 aliphatic heterocycles. The third-order valence-electron chi connectivity index (χ3n) is 2.98. The number of nitrogens with zero attached hydrogens (tertiary/aromatic N) is 1. The fraction of sp³-hybridized carbons (Fsp3) is 0.385. The van der Waals surface area contributed by atoms with Gasteiger partial charge in [0.2, 0.25) is 0 Å². The third kappa shape index (κ3) is 4.18. The van der Waals surface area contributed by atoms with Crippen LogP contribution in [0, 0.1) is 0 Å². The molecule has 1 heterocycles. The van der Waals surface area contributed by atoms with Gasteiger partial charge in [-0.05, 0) is 17.7 Å². The molecule has 0 bridgehead atoms. The van der Waals surface area contributed by atoms with E-state index in [2.05, 4.69) is 16.8 Å². The second-order valence-electron chi connectivity index (χ2n) is 4.06. The number of benzene rings is 1. The topological polar surface area (TPSA) is 35.5 Å². The van der Waals surface area contributed by atoms with Crippen LogP contribution in [0.1, 0.15) is 11.6 Å². The predicted octanol–water partition coefficient (Wildman–Crippen LogP) is 2.37. The zero-order valence-corrected chi connectivity index (χ0v) is 11.8. The van der Waals surface area contributed by atoms with Crippen LogP contribution in [0.25, 0.3) is 0 Å². The minimum absolute atomic E-state index is 0. The van der Waals surface area contributed by atoms with Gasteiger partial charge in [0.15, 0.2) is 0 Å². The first-order valence-corrected chi connectivity index (χ1v) is 5.67. The maximum atomic E-state index is 9.49. The minimum Gasteiger partial charge on any atom is -0.508 e. The lowest BCUT2D eigenvalue weighted by molar-refractivity contribution is 0.203. The van der Waals surface area contributed by atoms with Crippen LogP contribution in [0.4, 0.5) is 0 Å². The highest BCUT2D eigenvalue weighted by Gasteiger charge is 2.19. The summed E-state index contributed by atoms with van der Waals surface area (Å²) in [5, 5.41) is 12.8. The molecule has 1 saturated heterocycles. The van der Waals surface area contributed by atoms with Gasteiger partial charge in [-0.15, -0.1) is 31.4 Å². The van der Waals surface area contributed by atoms with Crippen LogP contribution in [0.15, 0.2) is 36.9 Å². The molecule has 0 saturated carbocycles. The number of piperazine rings is 1. The van der Waals surface area contributed by atoms with E-state index in [0.717, 1.165) is 31.7 Å². The molecule has 5 heteroatoms. The molecule has 1 aromatic rings. The van der Waals surface area contributed by atoms with Crippen molar-refractivity contribution in [1.82, 2.24) is 10.2 Å². The van der Waals surface area contributed by atoms with Gasteiger partial charge in [-0.25, -0.2) is 0 Å². The lowest BCUT2D eigenvalue weighted by atomic mass is 10.0. The number of nitrogens with one attached hydrogen (secondary N) is 1. The van der Waals surface area contributed by atoms with E-state index >= 15 is 0 Å². The Balaban J connectivity index is 0.00000144. The Hall–Kier alpha value is -0.740. The molecule has 1 aromatic carbocycles. The Bertz CT molecular complexity index is 368. The van der Waals surface area contributed by atoms with Gasteiger partial charge in [-0.3, -0.25) is 4.90 Å². The summed E-state index contributed by atoms with van der Waals surface area (Å²) in [6.45, 7) is 7.97. The molecule has 3 nitrogen and oxygen atoms in total. The molecule has 1 aliphatic rings. The van der Waals surface area contributed by atoms with Crippen molar-refractivity contribution in [3.63, 3.8) is 0 Å². The van der Waals surface area contributed by atoms with E-state index < -0.39 is 0 Å². The van der Waals surface area contributed by atoms with E-state index in [9.17, 15) is 5.11 Å². The Morgan fingerprint density at radius 2 is 1.94 bits per heavy atom. The van der Waals surface area contributed by atoms with Crippen LogP contribution in [-0.4, -0.2) is 36.2 Å². The summed E-state index contributed by atoms with van der Waals surface area (Å²) in [6, 6.07) is 7.63. The number of rotatable bonds is 3. The van der Waals surface area contributed by atoms with Crippen LogP contribution in [0.3, 0.4) is 0 Å². The summed E-state index contributed by atoms with van der Waals surface area (Å²) in [6.07, 6.45) is 1.94. The number of phenolic OH excluding ortho intramolecular Hbond substituents is 1. The molecule has 0 spiro atoms. The van der Waals surface area contributed by atoms with Crippen molar-refractivity contribution in [1.29, 1.82) is 0 Å². The van der Waals surface area contributed by atoms with E-state index in [-0.39, 0.29) is 30.9 Å². The van der Waals surface area contributed by atoms with Crippen molar-refractivity contribution in [2.75, 3.05) is 26.2 Å². The van der Waals surface area contributed by atoms with Crippen LogP contribution in [-0.2, 0) is 0 Å². The van der Waals surface area contributed by atoms with Crippen molar-refractivity contribution in [2.24, 2.45) is 0 Å². The first kappa shape index (κ1) is 17.3. The van der Waals surface area contributed by atoms with Gasteiger partial charge in [0, 0.05) is 26.2 Å². The second-order valence-corrected chi connectivity index (χ2v) is 4.06. The Kier molecular flexibility index (Phi) is 8.03. The molecule has 102 valence electrons. The fourth-order valence-electron chi connectivity index (χ4n) is 2.17. The summed E-state index contributed by atoms with van der Waals surface area (Å²) in [7, 11) is 0. The van der Waals surface area contributed by atoms with E-state index in [0.29, 0.717) is 5.75 Å². The Morgan fingerprint density at radius 3 is 2.50 bits per heavy atom. The van der Waals surface area contributed by atoms with Crippen LogP contribution in [0.5, 0.6) is 5.75 Å². The minimum atomic E-state index is 0. The van der Waals surface area contributed by atoms with Gasteiger partial charge < -0.3 is 10.4 Å². The molecule has 2 N–H and O–H groups in total. The highest BCUT2D eigenvalue weighted by molar-refractivity contribution is 5.85. The molecule has 0 aromatic heterocycles. The number of aromatic hydroxyl groups is 1. The maximum Gasteiger partial charge on any atom is 0.115 e. The van der Waals surface area contributed by atoms with Crippen molar-refractivity contribution >= 4 is 24.8 Å². The maximum absolute atomic E-state index is 9.49. The fourth-order valence-corrected chi connectivity index (χ4v) is 2.17. The molecule has 0 amide bonds. The average Bonchev–Trinajstić information content (AvgIpc) is 2.31. The summed E-state index contributed by atoms with van der Waals surface area (Å²) in [4.78, 5) is 2.37. The normalized spacial score (nSPS) is 17.1.